The molecule has 4 rings (SSSR count). The van der Waals surface area contributed by atoms with E-state index in [0.717, 1.165) is 49.0 Å². The monoisotopic (exact) mass is 349 g/mol. The highest BCUT2D eigenvalue weighted by molar-refractivity contribution is 5.61. The number of likely N-dealkylation sites (N-methyl/N-ethyl adjacent to an activating group) is 1. The fourth-order valence-electron chi connectivity index (χ4n) is 3.32. The number of nitrogens with zero attached hydrogens (tertiary/aromatic N) is 5. The minimum absolute atomic E-state index is 0.175. The SMILES string of the molecule is Cc1ccccc1-c1ncc(-c2nccn2CC2CN(C)CCO2)cn1. The van der Waals surface area contributed by atoms with Crippen LogP contribution in [0.3, 0.4) is 0 Å². The summed E-state index contributed by atoms with van der Waals surface area (Å²) >= 11 is 0. The Morgan fingerprint density at radius 2 is 1.96 bits per heavy atom. The van der Waals surface area contributed by atoms with E-state index in [0.29, 0.717) is 0 Å². The van der Waals surface area contributed by atoms with Gasteiger partial charge in [-0.25, -0.2) is 15.0 Å². The normalized spacial score (nSPS) is 18.2. The first-order valence-electron chi connectivity index (χ1n) is 8.90. The lowest BCUT2D eigenvalue weighted by Crippen LogP contribution is -2.41. The third-order valence-electron chi connectivity index (χ3n) is 4.75. The molecule has 1 unspecified atom stereocenters. The number of benzene rings is 1. The van der Waals surface area contributed by atoms with Crippen molar-refractivity contribution in [1.82, 2.24) is 24.4 Å². The topological polar surface area (TPSA) is 56.1 Å². The third-order valence-corrected chi connectivity index (χ3v) is 4.75. The van der Waals surface area contributed by atoms with Crippen molar-refractivity contribution in [1.29, 1.82) is 0 Å². The van der Waals surface area contributed by atoms with Crippen molar-refractivity contribution in [3.8, 4) is 22.8 Å². The summed E-state index contributed by atoms with van der Waals surface area (Å²) in [5.41, 5.74) is 3.14. The molecular weight excluding hydrogens is 326 g/mol. The number of ether oxygens (including phenoxy) is 1. The molecule has 2 aromatic heterocycles. The first-order chi connectivity index (χ1) is 12.7. The Bertz CT molecular complexity index is 874. The van der Waals surface area contributed by atoms with Gasteiger partial charge in [-0.15, -0.1) is 0 Å². The Labute approximate surface area is 153 Å². The molecule has 1 aliphatic heterocycles. The largest absolute Gasteiger partial charge is 0.374 e. The van der Waals surface area contributed by atoms with E-state index in [1.807, 2.05) is 43.0 Å². The van der Waals surface area contributed by atoms with E-state index in [1.54, 1.807) is 0 Å². The van der Waals surface area contributed by atoms with E-state index in [9.17, 15) is 0 Å². The summed E-state index contributed by atoms with van der Waals surface area (Å²) in [6.45, 7) is 5.54. The number of aryl methyl sites for hydroxylation is 1. The number of imidazole rings is 1. The van der Waals surface area contributed by atoms with Crippen molar-refractivity contribution >= 4 is 0 Å². The first-order valence-corrected chi connectivity index (χ1v) is 8.90. The Kier molecular flexibility index (Phi) is 4.77. The number of rotatable bonds is 4. The maximum absolute atomic E-state index is 5.88. The molecule has 0 saturated carbocycles. The first kappa shape index (κ1) is 16.9. The van der Waals surface area contributed by atoms with Gasteiger partial charge in [0.05, 0.1) is 24.8 Å². The smallest absolute Gasteiger partial charge is 0.159 e. The van der Waals surface area contributed by atoms with Crippen LogP contribution < -0.4 is 0 Å². The second-order valence-electron chi connectivity index (χ2n) is 6.77. The molecule has 6 heteroatoms. The minimum Gasteiger partial charge on any atom is -0.374 e. The van der Waals surface area contributed by atoms with Gasteiger partial charge >= 0.3 is 0 Å². The number of morpholine rings is 1. The zero-order valence-corrected chi connectivity index (χ0v) is 15.2. The predicted molar refractivity (Wildman–Crippen MR) is 101 cm³/mol. The molecule has 3 aromatic rings. The van der Waals surface area contributed by atoms with E-state index < -0.39 is 0 Å². The Morgan fingerprint density at radius 1 is 1.15 bits per heavy atom. The second kappa shape index (κ2) is 7.35. The molecule has 0 radical (unpaired) electrons. The van der Waals surface area contributed by atoms with Crippen molar-refractivity contribution in [2.24, 2.45) is 0 Å². The molecule has 1 aromatic carbocycles. The van der Waals surface area contributed by atoms with Crippen molar-refractivity contribution < 1.29 is 4.74 Å². The van der Waals surface area contributed by atoms with Gasteiger partial charge in [0.25, 0.3) is 0 Å². The van der Waals surface area contributed by atoms with Gasteiger partial charge in [-0.05, 0) is 19.5 Å². The summed E-state index contributed by atoms with van der Waals surface area (Å²) in [5, 5.41) is 0. The van der Waals surface area contributed by atoms with Crippen LogP contribution in [-0.4, -0.2) is 57.3 Å². The van der Waals surface area contributed by atoms with Gasteiger partial charge in [-0.1, -0.05) is 24.3 Å². The predicted octanol–water partition coefficient (Wildman–Crippen LogP) is 2.65. The van der Waals surface area contributed by atoms with Crippen LogP contribution in [0.25, 0.3) is 22.8 Å². The molecule has 0 spiro atoms. The quantitative estimate of drug-likeness (QED) is 0.725. The van der Waals surface area contributed by atoms with Crippen LogP contribution in [-0.2, 0) is 11.3 Å². The van der Waals surface area contributed by atoms with Gasteiger partial charge in [-0.3, -0.25) is 0 Å². The Morgan fingerprint density at radius 3 is 2.73 bits per heavy atom. The van der Waals surface area contributed by atoms with Gasteiger partial charge < -0.3 is 14.2 Å². The average molecular weight is 349 g/mol. The zero-order valence-electron chi connectivity index (χ0n) is 15.2. The molecule has 3 heterocycles. The van der Waals surface area contributed by atoms with E-state index in [4.69, 9.17) is 4.74 Å². The molecule has 0 bridgehead atoms. The lowest BCUT2D eigenvalue weighted by atomic mass is 10.1. The molecule has 0 amide bonds. The summed E-state index contributed by atoms with van der Waals surface area (Å²) in [6, 6.07) is 8.14. The molecule has 0 aliphatic carbocycles. The van der Waals surface area contributed by atoms with Crippen LogP contribution in [0.2, 0.25) is 0 Å². The van der Waals surface area contributed by atoms with Crippen LogP contribution in [0, 0.1) is 6.92 Å². The maximum atomic E-state index is 5.88. The summed E-state index contributed by atoms with van der Waals surface area (Å²) in [7, 11) is 2.13. The van der Waals surface area contributed by atoms with E-state index in [2.05, 4.69) is 44.5 Å². The molecular formula is C20H23N5O. The molecule has 6 nitrogen and oxygen atoms in total. The Hall–Kier alpha value is -2.57. The van der Waals surface area contributed by atoms with E-state index >= 15 is 0 Å². The highest BCUT2D eigenvalue weighted by atomic mass is 16.5. The van der Waals surface area contributed by atoms with Gasteiger partial charge in [0, 0.05) is 43.4 Å². The lowest BCUT2D eigenvalue weighted by Gasteiger charge is -2.30. The van der Waals surface area contributed by atoms with Crippen molar-refractivity contribution in [3.05, 3.63) is 54.6 Å². The number of hydrogen-bond donors (Lipinski definition) is 0. The van der Waals surface area contributed by atoms with Gasteiger partial charge in [-0.2, -0.15) is 0 Å². The fraction of sp³-hybridized carbons (Fsp3) is 0.350. The van der Waals surface area contributed by atoms with Crippen LogP contribution in [0.15, 0.2) is 49.1 Å². The second-order valence-corrected chi connectivity index (χ2v) is 6.77. The van der Waals surface area contributed by atoms with Gasteiger partial charge in [0.2, 0.25) is 0 Å². The van der Waals surface area contributed by atoms with Crippen LogP contribution in [0.1, 0.15) is 5.56 Å². The summed E-state index contributed by atoms with van der Waals surface area (Å²) < 4.78 is 8.00. The molecule has 1 saturated heterocycles. The number of hydrogen-bond acceptors (Lipinski definition) is 5. The highest BCUT2D eigenvalue weighted by Gasteiger charge is 2.19. The lowest BCUT2D eigenvalue weighted by molar-refractivity contribution is -0.0272. The van der Waals surface area contributed by atoms with Crippen LogP contribution in [0.4, 0.5) is 0 Å². The average Bonchev–Trinajstić information content (AvgIpc) is 3.10. The number of aromatic nitrogens is 4. The molecule has 0 N–H and O–H groups in total. The zero-order chi connectivity index (χ0) is 17.9. The maximum Gasteiger partial charge on any atom is 0.159 e. The molecule has 1 atom stereocenters. The van der Waals surface area contributed by atoms with Crippen molar-refractivity contribution in [2.75, 3.05) is 26.7 Å². The van der Waals surface area contributed by atoms with Crippen LogP contribution >= 0.6 is 0 Å². The van der Waals surface area contributed by atoms with Crippen LogP contribution in [0.5, 0.6) is 0 Å². The van der Waals surface area contributed by atoms with Gasteiger partial charge in [0.1, 0.15) is 5.82 Å². The third kappa shape index (κ3) is 3.52. The standard InChI is InChI=1S/C20H23N5O/c1-15-5-3-4-6-18(15)19-22-11-16(12-23-19)20-21-7-8-25(20)14-17-13-24(2)9-10-26-17/h3-8,11-12,17H,9-10,13-14H2,1-2H3. The van der Waals surface area contributed by atoms with E-state index in [-0.39, 0.29) is 6.10 Å². The minimum atomic E-state index is 0.175. The van der Waals surface area contributed by atoms with Crippen molar-refractivity contribution in [3.63, 3.8) is 0 Å². The molecule has 134 valence electrons. The van der Waals surface area contributed by atoms with Gasteiger partial charge in [0.15, 0.2) is 5.82 Å². The Balaban J connectivity index is 1.55. The molecule has 1 fully saturated rings. The molecule has 1 aliphatic rings. The van der Waals surface area contributed by atoms with Crippen molar-refractivity contribution in [2.45, 2.75) is 19.6 Å². The fourth-order valence-corrected chi connectivity index (χ4v) is 3.32. The summed E-state index contributed by atoms with van der Waals surface area (Å²) in [5.74, 6) is 1.61. The molecule has 26 heavy (non-hydrogen) atoms. The highest BCUT2D eigenvalue weighted by Crippen LogP contribution is 2.22. The van der Waals surface area contributed by atoms with E-state index in [1.165, 1.54) is 5.56 Å². The summed E-state index contributed by atoms with van der Waals surface area (Å²) in [4.78, 5) is 15.9. The summed E-state index contributed by atoms with van der Waals surface area (Å²) in [6.07, 6.45) is 7.68.